The van der Waals surface area contributed by atoms with Gasteiger partial charge in [-0.1, -0.05) is 6.92 Å². The van der Waals surface area contributed by atoms with Gasteiger partial charge in [0.15, 0.2) is 11.6 Å². The molecular weight excluding hydrogens is 230 g/mol. The summed E-state index contributed by atoms with van der Waals surface area (Å²) in [4.78, 5) is 11.7. The maximum absolute atomic E-state index is 12.8. The quantitative estimate of drug-likeness (QED) is 0.559. The summed E-state index contributed by atoms with van der Waals surface area (Å²) in [5, 5.41) is 0. The summed E-state index contributed by atoms with van der Waals surface area (Å²) in [6, 6.07) is 3.85. The molecule has 0 aliphatic carbocycles. The number of benzene rings is 1. The standard InChI is InChI=1S/C12H14F2OS/c1-2-9(15)4-3-7-16-10-5-6-11(13)12(14)8-10/h5-6,8H,2-4,7H2,1H3. The van der Waals surface area contributed by atoms with Crippen molar-refractivity contribution in [1.29, 1.82) is 0 Å². The molecule has 0 heterocycles. The van der Waals surface area contributed by atoms with Gasteiger partial charge in [0.2, 0.25) is 0 Å². The molecule has 0 saturated carbocycles. The van der Waals surface area contributed by atoms with Gasteiger partial charge < -0.3 is 0 Å². The Morgan fingerprint density at radius 3 is 2.69 bits per heavy atom. The number of hydrogen-bond donors (Lipinski definition) is 0. The van der Waals surface area contributed by atoms with Crippen molar-refractivity contribution in [3.05, 3.63) is 29.8 Å². The fourth-order valence-electron chi connectivity index (χ4n) is 1.20. The summed E-state index contributed by atoms with van der Waals surface area (Å²) in [6.07, 6.45) is 1.90. The average molecular weight is 244 g/mol. The number of halogens is 2. The molecular formula is C12H14F2OS. The Hall–Kier alpha value is -0.900. The largest absolute Gasteiger partial charge is 0.300 e. The van der Waals surface area contributed by atoms with E-state index >= 15 is 0 Å². The Morgan fingerprint density at radius 1 is 1.31 bits per heavy atom. The first-order chi connectivity index (χ1) is 7.63. The molecule has 16 heavy (non-hydrogen) atoms. The predicted molar refractivity (Wildman–Crippen MR) is 61.6 cm³/mol. The predicted octanol–water partition coefficient (Wildman–Crippen LogP) is 3.82. The Labute approximate surface area is 98.2 Å². The zero-order valence-corrected chi connectivity index (χ0v) is 9.95. The minimum absolute atomic E-state index is 0.242. The number of Topliss-reactive ketones (excluding diaryl/α,β-unsaturated/α-hetero) is 1. The lowest BCUT2D eigenvalue weighted by Crippen LogP contribution is -1.95. The number of hydrogen-bond acceptors (Lipinski definition) is 2. The Kier molecular flexibility index (Phi) is 5.46. The van der Waals surface area contributed by atoms with Crippen LogP contribution in [0.5, 0.6) is 0 Å². The first kappa shape index (κ1) is 13.2. The molecule has 0 aromatic heterocycles. The summed E-state index contributed by atoms with van der Waals surface area (Å²) < 4.78 is 25.4. The van der Waals surface area contributed by atoms with Crippen LogP contribution in [0.2, 0.25) is 0 Å². The van der Waals surface area contributed by atoms with Gasteiger partial charge in [-0.3, -0.25) is 4.79 Å². The molecule has 0 fully saturated rings. The second-order valence-corrected chi connectivity index (χ2v) is 4.59. The van der Waals surface area contributed by atoms with Gasteiger partial charge in [-0.15, -0.1) is 11.8 Å². The summed E-state index contributed by atoms with van der Waals surface area (Å²) in [5.41, 5.74) is 0. The third-order valence-electron chi connectivity index (χ3n) is 2.15. The molecule has 0 spiro atoms. The van der Waals surface area contributed by atoms with Crippen LogP contribution in [0.1, 0.15) is 26.2 Å². The van der Waals surface area contributed by atoms with Crippen LogP contribution in [0, 0.1) is 11.6 Å². The summed E-state index contributed by atoms with van der Waals surface area (Å²) >= 11 is 1.44. The molecule has 1 aromatic rings. The molecule has 0 atom stereocenters. The van der Waals surface area contributed by atoms with Crippen molar-refractivity contribution in [3.63, 3.8) is 0 Å². The monoisotopic (exact) mass is 244 g/mol. The second-order valence-electron chi connectivity index (χ2n) is 3.42. The molecule has 0 aliphatic heterocycles. The summed E-state index contributed by atoms with van der Waals surface area (Å²) in [7, 11) is 0. The van der Waals surface area contributed by atoms with Crippen molar-refractivity contribution >= 4 is 17.5 Å². The smallest absolute Gasteiger partial charge is 0.159 e. The fraction of sp³-hybridized carbons (Fsp3) is 0.417. The van der Waals surface area contributed by atoms with Crippen molar-refractivity contribution in [3.8, 4) is 0 Å². The zero-order chi connectivity index (χ0) is 12.0. The van der Waals surface area contributed by atoms with E-state index in [0.29, 0.717) is 17.7 Å². The Morgan fingerprint density at radius 2 is 2.06 bits per heavy atom. The van der Waals surface area contributed by atoms with Crippen LogP contribution in [-0.2, 0) is 4.79 Å². The van der Waals surface area contributed by atoms with Crippen LogP contribution in [0.15, 0.2) is 23.1 Å². The van der Waals surface area contributed by atoms with E-state index in [1.165, 1.54) is 17.8 Å². The topological polar surface area (TPSA) is 17.1 Å². The molecule has 0 saturated heterocycles. The first-order valence-electron chi connectivity index (χ1n) is 5.23. The maximum Gasteiger partial charge on any atom is 0.159 e. The number of carbonyl (C=O) groups excluding carboxylic acids is 1. The lowest BCUT2D eigenvalue weighted by Gasteiger charge is -2.01. The third-order valence-corrected chi connectivity index (χ3v) is 3.23. The lowest BCUT2D eigenvalue weighted by molar-refractivity contribution is -0.118. The van der Waals surface area contributed by atoms with Gasteiger partial charge in [-0.05, 0) is 30.4 Å². The highest BCUT2D eigenvalue weighted by molar-refractivity contribution is 7.99. The van der Waals surface area contributed by atoms with Gasteiger partial charge in [0.25, 0.3) is 0 Å². The van der Waals surface area contributed by atoms with Crippen LogP contribution < -0.4 is 0 Å². The molecule has 0 aliphatic rings. The van der Waals surface area contributed by atoms with Crippen molar-refractivity contribution in [2.24, 2.45) is 0 Å². The van der Waals surface area contributed by atoms with E-state index in [1.54, 1.807) is 6.07 Å². The highest BCUT2D eigenvalue weighted by Crippen LogP contribution is 2.21. The molecule has 4 heteroatoms. The van der Waals surface area contributed by atoms with Gasteiger partial charge in [0.05, 0.1) is 0 Å². The van der Waals surface area contributed by atoms with E-state index in [-0.39, 0.29) is 5.78 Å². The minimum atomic E-state index is -0.828. The molecule has 0 amide bonds. The molecule has 0 N–H and O–H groups in total. The van der Waals surface area contributed by atoms with Crippen LogP contribution >= 0.6 is 11.8 Å². The molecule has 1 rings (SSSR count). The van der Waals surface area contributed by atoms with Crippen LogP contribution in [-0.4, -0.2) is 11.5 Å². The Bertz CT molecular complexity index is 366. The number of rotatable bonds is 6. The van der Waals surface area contributed by atoms with Crippen LogP contribution in [0.25, 0.3) is 0 Å². The Balaban J connectivity index is 2.32. The van der Waals surface area contributed by atoms with Crippen molar-refractivity contribution in [2.75, 3.05) is 5.75 Å². The van der Waals surface area contributed by atoms with Crippen molar-refractivity contribution in [1.82, 2.24) is 0 Å². The lowest BCUT2D eigenvalue weighted by atomic mass is 10.2. The molecule has 0 unspecified atom stereocenters. The number of ketones is 1. The molecule has 1 nitrogen and oxygen atoms in total. The average Bonchev–Trinajstić information content (AvgIpc) is 2.28. The normalized spacial score (nSPS) is 10.4. The van der Waals surface area contributed by atoms with Crippen molar-refractivity contribution in [2.45, 2.75) is 31.1 Å². The van der Waals surface area contributed by atoms with E-state index in [4.69, 9.17) is 0 Å². The molecule has 0 radical (unpaired) electrons. The van der Waals surface area contributed by atoms with Gasteiger partial charge >= 0.3 is 0 Å². The van der Waals surface area contributed by atoms with E-state index < -0.39 is 11.6 Å². The van der Waals surface area contributed by atoms with E-state index in [2.05, 4.69) is 0 Å². The van der Waals surface area contributed by atoms with Gasteiger partial charge in [0.1, 0.15) is 5.78 Å². The number of thioether (sulfide) groups is 1. The van der Waals surface area contributed by atoms with E-state index in [1.807, 2.05) is 6.92 Å². The van der Waals surface area contributed by atoms with Gasteiger partial charge in [-0.25, -0.2) is 8.78 Å². The maximum atomic E-state index is 12.8. The molecule has 88 valence electrons. The van der Waals surface area contributed by atoms with Crippen LogP contribution in [0.3, 0.4) is 0 Å². The van der Waals surface area contributed by atoms with E-state index in [0.717, 1.165) is 18.2 Å². The summed E-state index contributed by atoms with van der Waals surface area (Å²) in [6.45, 7) is 1.84. The number of carbonyl (C=O) groups is 1. The van der Waals surface area contributed by atoms with Gasteiger partial charge in [-0.2, -0.15) is 0 Å². The second kappa shape index (κ2) is 6.63. The first-order valence-corrected chi connectivity index (χ1v) is 6.21. The van der Waals surface area contributed by atoms with Crippen LogP contribution in [0.4, 0.5) is 8.78 Å². The van der Waals surface area contributed by atoms with Gasteiger partial charge in [0, 0.05) is 17.7 Å². The summed E-state index contributed by atoms with van der Waals surface area (Å²) in [5.74, 6) is -0.664. The zero-order valence-electron chi connectivity index (χ0n) is 9.13. The molecule has 0 bridgehead atoms. The van der Waals surface area contributed by atoms with Crippen molar-refractivity contribution < 1.29 is 13.6 Å². The minimum Gasteiger partial charge on any atom is -0.300 e. The SMILES string of the molecule is CCC(=O)CCCSc1ccc(F)c(F)c1. The highest BCUT2D eigenvalue weighted by atomic mass is 32.2. The van der Waals surface area contributed by atoms with E-state index in [9.17, 15) is 13.6 Å². The third kappa shape index (κ3) is 4.31. The highest BCUT2D eigenvalue weighted by Gasteiger charge is 2.03. The molecule has 1 aromatic carbocycles. The fourth-order valence-corrected chi connectivity index (χ4v) is 2.08.